The number of ether oxygens (including phenoxy) is 2. The van der Waals surface area contributed by atoms with Crippen molar-refractivity contribution in [3.05, 3.63) is 70.7 Å². The Hall–Kier alpha value is -3.39. The van der Waals surface area contributed by atoms with Gasteiger partial charge >= 0.3 is 6.03 Å². The Morgan fingerprint density at radius 3 is 2.47 bits per heavy atom. The van der Waals surface area contributed by atoms with Crippen LogP contribution in [0.15, 0.2) is 65.2 Å². The Labute approximate surface area is 182 Å². The van der Waals surface area contributed by atoms with Gasteiger partial charge in [0, 0.05) is 0 Å². The number of halogens is 1. The van der Waals surface area contributed by atoms with E-state index in [4.69, 9.17) is 9.47 Å². The highest BCUT2D eigenvalue weighted by atomic mass is 79.9. The molecule has 1 N–H and O–H groups in total. The predicted molar refractivity (Wildman–Crippen MR) is 116 cm³/mol. The highest BCUT2D eigenvalue weighted by Crippen LogP contribution is 2.28. The van der Waals surface area contributed by atoms with E-state index in [9.17, 15) is 14.4 Å². The standard InChI is InChI=1S/C22H19BrN2O5/c1-3-11-30-19-10-5-14(13-18(19)23)12-17-20(26)24-22(28)25(21(17)27)15-6-8-16(9-7-15)29-4-2/h3,5-10,12-13H,1,4,11H2,2H3,(H,24,26,28)/b17-12+. The molecule has 30 heavy (non-hydrogen) atoms. The van der Waals surface area contributed by atoms with Gasteiger partial charge in [-0.25, -0.2) is 9.69 Å². The van der Waals surface area contributed by atoms with Gasteiger partial charge in [-0.3, -0.25) is 14.9 Å². The van der Waals surface area contributed by atoms with Crippen LogP contribution in [0.2, 0.25) is 0 Å². The Balaban J connectivity index is 1.90. The number of barbiturate groups is 1. The van der Waals surface area contributed by atoms with Crippen molar-refractivity contribution < 1.29 is 23.9 Å². The molecule has 1 aliphatic heterocycles. The zero-order valence-electron chi connectivity index (χ0n) is 16.2. The number of hydrogen-bond donors (Lipinski definition) is 1. The lowest BCUT2D eigenvalue weighted by Gasteiger charge is -2.26. The van der Waals surface area contributed by atoms with E-state index in [-0.39, 0.29) is 5.57 Å². The van der Waals surface area contributed by atoms with E-state index in [2.05, 4.69) is 27.8 Å². The minimum Gasteiger partial charge on any atom is -0.494 e. The summed E-state index contributed by atoms with van der Waals surface area (Å²) in [5.74, 6) is -0.254. The maximum Gasteiger partial charge on any atom is 0.335 e. The molecule has 2 aromatic rings. The van der Waals surface area contributed by atoms with Gasteiger partial charge in [-0.2, -0.15) is 0 Å². The maximum atomic E-state index is 13.0. The van der Waals surface area contributed by atoms with Crippen LogP contribution in [0, 0.1) is 0 Å². The van der Waals surface area contributed by atoms with Gasteiger partial charge in [0.2, 0.25) is 0 Å². The molecule has 4 amide bonds. The van der Waals surface area contributed by atoms with Crippen molar-refractivity contribution in [1.29, 1.82) is 0 Å². The number of urea groups is 1. The number of nitrogens with one attached hydrogen (secondary N) is 1. The second kappa shape index (κ2) is 9.41. The van der Waals surface area contributed by atoms with Crippen molar-refractivity contribution in [3.8, 4) is 11.5 Å². The number of imide groups is 2. The van der Waals surface area contributed by atoms with Crippen LogP contribution in [0.1, 0.15) is 12.5 Å². The number of benzene rings is 2. The van der Waals surface area contributed by atoms with Crippen molar-refractivity contribution in [3.63, 3.8) is 0 Å². The topological polar surface area (TPSA) is 84.9 Å². The normalized spacial score (nSPS) is 15.2. The molecule has 1 heterocycles. The zero-order valence-corrected chi connectivity index (χ0v) is 17.8. The summed E-state index contributed by atoms with van der Waals surface area (Å²) in [5, 5.41) is 2.20. The number of anilines is 1. The summed E-state index contributed by atoms with van der Waals surface area (Å²) in [6.07, 6.45) is 3.05. The molecule has 0 radical (unpaired) electrons. The van der Waals surface area contributed by atoms with E-state index in [0.717, 1.165) is 4.90 Å². The third-order valence-electron chi connectivity index (χ3n) is 4.13. The molecular formula is C22H19BrN2O5. The summed E-state index contributed by atoms with van der Waals surface area (Å²) < 4.78 is 11.5. The van der Waals surface area contributed by atoms with E-state index in [0.29, 0.717) is 40.4 Å². The Kier molecular flexibility index (Phi) is 6.68. The van der Waals surface area contributed by atoms with Gasteiger partial charge in [-0.05, 0) is 70.9 Å². The summed E-state index contributed by atoms with van der Waals surface area (Å²) in [6.45, 7) is 6.30. The Morgan fingerprint density at radius 2 is 1.83 bits per heavy atom. The molecule has 0 aliphatic carbocycles. The number of amides is 4. The van der Waals surface area contributed by atoms with E-state index in [1.807, 2.05) is 6.92 Å². The number of rotatable bonds is 7. The lowest BCUT2D eigenvalue weighted by molar-refractivity contribution is -0.122. The Morgan fingerprint density at radius 1 is 1.10 bits per heavy atom. The van der Waals surface area contributed by atoms with Crippen LogP contribution in [0.25, 0.3) is 6.08 Å². The molecular weight excluding hydrogens is 452 g/mol. The number of carbonyl (C=O) groups is 3. The first-order valence-electron chi connectivity index (χ1n) is 9.12. The first-order chi connectivity index (χ1) is 14.4. The minimum absolute atomic E-state index is 0.157. The Bertz CT molecular complexity index is 1030. The van der Waals surface area contributed by atoms with Crippen molar-refractivity contribution in [2.24, 2.45) is 0 Å². The monoisotopic (exact) mass is 470 g/mol. The summed E-state index contributed by atoms with van der Waals surface area (Å²) in [5.41, 5.74) is 0.760. The van der Waals surface area contributed by atoms with Crippen molar-refractivity contribution >= 4 is 45.5 Å². The fourth-order valence-electron chi connectivity index (χ4n) is 2.79. The van der Waals surface area contributed by atoms with E-state index < -0.39 is 17.8 Å². The third-order valence-corrected chi connectivity index (χ3v) is 4.75. The number of hydrogen-bond acceptors (Lipinski definition) is 5. The average Bonchev–Trinajstić information content (AvgIpc) is 2.72. The smallest absolute Gasteiger partial charge is 0.335 e. The fourth-order valence-corrected chi connectivity index (χ4v) is 3.30. The largest absolute Gasteiger partial charge is 0.494 e. The first-order valence-corrected chi connectivity index (χ1v) is 9.91. The van der Waals surface area contributed by atoms with Gasteiger partial charge in [0.15, 0.2) is 0 Å². The molecule has 0 aromatic heterocycles. The molecule has 1 fully saturated rings. The first kappa shape index (κ1) is 21.3. The van der Waals surface area contributed by atoms with Crippen LogP contribution in [0.4, 0.5) is 10.5 Å². The van der Waals surface area contributed by atoms with Crippen LogP contribution < -0.4 is 19.7 Å². The highest BCUT2D eigenvalue weighted by Gasteiger charge is 2.36. The molecule has 0 bridgehead atoms. The van der Waals surface area contributed by atoms with Crippen LogP contribution in [-0.2, 0) is 9.59 Å². The van der Waals surface area contributed by atoms with Crippen LogP contribution in [0.5, 0.6) is 11.5 Å². The van der Waals surface area contributed by atoms with Gasteiger partial charge in [0.25, 0.3) is 11.8 Å². The van der Waals surface area contributed by atoms with Gasteiger partial charge < -0.3 is 9.47 Å². The second-order valence-corrected chi connectivity index (χ2v) is 7.03. The van der Waals surface area contributed by atoms with Gasteiger partial charge in [-0.1, -0.05) is 18.7 Å². The molecule has 0 atom stereocenters. The lowest BCUT2D eigenvalue weighted by Crippen LogP contribution is -2.54. The third kappa shape index (κ3) is 4.60. The predicted octanol–water partition coefficient (Wildman–Crippen LogP) is 4.08. The molecule has 1 saturated heterocycles. The molecule has 0 saturated carbocycles. The van der Waals surface area contributed by atoms with E-state index in [1.54, 1.807) is 48.5 Å². The molecule has 1 aliphatic rings. The SMILES string of the molecule is C=CCOc1ccc(/C=C2\C(=O)NC(=O)N(c3ccc(OCC)cc3)C2=O)cc1Br. The molecule has 154 valence electrons. The van der Waals surface area contributed by atoms with Gasteiger partial charge in [0.05, 0.1) is 16.8 Å². The molecule has 0 unspecified atom stereocenters. The van der Waals surface area contributed by atoms with Gasteiger partial charge in [-0.15, -0.1) is 0 Å². The lowest BCUT2D eigenvalue weighted by atomic mass is 10.1. The van der Waals surface area contributed by atoms with E-state index >= 15 is 0 Å². The summed E-state index contributed by atoms with van der Waals surface area (Å²) in [4.78, 5) is 38.5. The maximum absolute atomic E-state index is 13.0. The van der Waals surface area contributed by atoms with E-state index in [1.165, 1.54) is 6.08 Å². The fraction of sp³-hybridized carbons (Fsp3) is 0.136. The minimum atomic E-state index is -0.805. The van der Waals surface area contributed by atoms with Crippen LogP contribution in [0.3, 0.4) is 0 Å². The quantitative estimate of drug-likeness (QED) is 0.374. The molecule has 7 nitrogen and oxygen atoms in total. The molecule has 3 rings (SSSR count). The van der Waals surface area contributed by atoms with Crippen molar-refractivity contribution in [2.75, 3.05) is 18.1 Å². The number of carbonyl (C=O) groups excluding carboxylic acids is 3. The molecule has 2 aromatic carbocycles. The zero-order chi connectivity index (χ0) is 21.7. The highest BCUT2D eigenvalue weighted by molar-refractivity contribution is 9.10. The second-order valence-electron chi connectivity index (χ2n) is 6.17. The van der Waals surface area contributed by atoms with Gasteiger partial charge in [0.1, 0.15) is 23.7 Å². The van der Waals surface area contributed by atoms with Crippen molar-refractivity contribution in [2.45, 2.75) is 6.92 Å². The number of nitrogens with zero attached hydrogens (tertiary/aromatic N) is 1. The van der Waals surface area contributed by atoms with Crippen LogP contribution >= 0.6 is 15.9 Å². The summed E-state index contributed by atoms with van der Waals surface area (Å²) >= 11 is 3.40. The molecule has 0 spiro atoms. The summed E-state index contributed by atoms with van der Waals surface area (Å²) in [7, 11) is 0. The average molecular weight is 471 g/mol. The van der Waals surface area contributed by atoms with Crippen molar-refractivity contribution in [1.82, 2.24) is 5.32 Å². The molecule has 8 heteroatoms. The summed E-state index contributed by atoms with van der Waals surface area (Å²) in [6, 6.07) is 10.8. The van der Waals surface area contributed by atoms with Crippen LogP contribution in [-0.4, -0.2) is 31.1 Å².